The van der Waals surface area contributed by atoms with Gasteiger partial charge in [0.25, 0.3) is 0 Å². The Hall–Kier alpha value is -2.19. The lowest BCUT2D eigenvalue weighted by atomic mass is 9.62. The Morgan fingerprint density at radius 2 is 1.75 bits per heavy atom. The number of β-amino-alcohol motifs (C(OH)–C–C–N with tert-alkyl or cyclic N) is 1. The normalized spacial score (nSPS) is 32.5. The first-order valence-electron chi connectivity index (χ1n) is 13.6. The molecule has 0 aromatic heterocycles. The van der Waals surface area contributed by atoms with E-state index in [1.807, 2.05) is 20.8 Å². The highest BCUT2D eigenvalue weighted by atomic mass is 16.5. The molecule has 3 saturated heterocycles. The molecule has 36 heavy (non-hydrogen) atoms. The summed E-state index contributed by atoms with van der Waals surface area (Å²) in [4.78, 5) is 47.1. The molecule has 3 amide bonds. The van der Waals surface area contributed by atoms with Crippen LogP contribution in [-0.4, -0.2) is 94.1 Å². The molecule has 202 valence electrons. The molecule has 3 rings (SSSR count). The molecule has 1 spiro atoms. The Kier molecular flexibility index (Phi) is 9.04. The minimum atomic E-state index is -1.09. The van der Waals surface area contributed by atoms with Crippen LogP contribution in [-0.2, 0) is 19.1 Å². The zero-order valence-electron chi connectivity index (χ0n) is 22.6. The van der Waals surface area contributed by atoms with Gasteiger partial charge in [0.1, 0.15) is 11.6 Å². The van der Waals surface area contributed by atoms with Crippen LogP contribution in [0.2, 0.25) is 0 Å². The largest absolute Gasteiger partial charge is 0.395 e. The van der Waals surface area contributed by atoms with E-state index >= 15 is 0 Å². The maximum Gasteiger partial charge on any atom is 0.248 e. The average Bonchev–Trinajstić information content (AvgIpc) is 3.35. The summed E-state index contributed by atoms with van der Waals surface area (Å²) in [5.74, 6) is -2.02. The zero-order chi connectivity index (χ0) is 26.7. The first-order valence-corrected chi connectivity index (χ1v) is 13.6. The fraction of sp³-hybridized carbons (Fsp3) is 0.750. The van der Waals surface area contributed by atoms with Gasteiger partial charge in [-0.25, -0.2) is 0 Å². The maximum absolute atomic E-state index is 14.1. The Morgan fingerprint density at radius 3 is 2.31 bits per heavy atom. The van der Waals surface area contributed by atoms with Crippen LogP contribution in [0.4, 0.5) is 0 Å². The minimum absolute atomic E-state index is 0.0139. The number of ether oxygens (including phenoxy) is 1. The van der Waals surface area contributed by atoms with Crippen molar-refractivity contribution in [2.24, 2.45) is 17.8 Å². The Labute approximate surface area is 216 Å². The number of amides is 3. The molecule has 3 fully saturated rings. The van der Waals surface area contributed by atoms with Gasteiger partial charge in [0.15, 0.2) is 0 Å². The molecule has 2 bridgehead atoms. The number of unbranched alkanes of at least 4 members (excludes halogenated alkanes) is 2. The van der Waals surface area contributed by atoms with Crippen LogP contribution in [0.3, 0.4) is 0 Å². The number of fused-ring (bicyclic) bond motifs is 1. The highest BCUT2D eigenvalue weighted by molar-refractivity contribution is 5.99. The van der Waals surface area contributed by atoms with Gasteiger partial charge in [0.2, 0.25) is 17.7 Å². The van der Waals surface area contributed by atoms with E-state index in [-0.39, 0.29) is 36.8 Å². The highest BCUT2D eigenvalue weighted by Crippen LogP contribution is 2.65. The molecule has 1 N–H and O–H groups in total. The van der Waals surface area contributed by atoms with Crippen LogP contribution in [0, 0.1) is 17.8 Å². The summed E-state index contributed by atoms with van der Waals surface area (Å²) in [6, 6.07) is -0.871. The lowest BCUT2D eigenvalue weighted by Crippen LogP contribution is -2.57. The van der Waals surface area contributed by atoms with E-state index < -0.39 is 29.1 Å². The Morgan fingerprint density at radius 1 is 1.11 bits per heavy atom. The van der Waals surface area contributed by atoms with Crippen molar-refractivity contribution in [1.29, 1.82) is 0 Å². The van der Waals surface area contributed by atoms with E-state index in [0.29, 0.717) is 32.6 Å². The number of hydrogen-bond donors (Lipinski definition) is 1. The number of carbonyl (C=O) groups excluding carboxylic acids is 3. The van der Waals surface area contributed by atoms with Gasteiger partial charge >= 0.3 is 0 Å². The third kappa shape index (κ3) is 4.51. The van der Waals surface area contributed by atoms with E-state index in [0.717, 1.165) is 25.7 Å². The molecule has 3 heterocycles. The SMILES string of the molecule is C=CCN(CCCCC)C(=O)C1N(CCO)C(=O)[C@@H]2[C@H](C(=O)N(CC=C)CCC)[C@@]3(C)OC12CC3C. The predicted molar refractivity (Wildman–Crippen MR) is 139 cm³/mol. The van der Waals surface area contributed by atoms with Gasteiger partial charge in [0, 0.05) is 32.7 Å². The molecule has 3 aliphatic rings. The van der Waals surface area contributed by atoms with Crippen molar-refractivity contribution in [2.45, 2.75) is 77.0 Å². The number of aliphatic hydroxyl groups excluding tert-OH is 1. The molecule has 0 aliphatic carbocycles. The minimum Gasteiger partial charge on any atom is -0.395 e. The van der Waals surface area contributed by atoms with E-state index in [9.17, 15) is 19.5 Å². The molecule has 0 aromatic rings. The molecular formula is C28H45N3O5. The molecule has 0 saturated carbocycles. The second-order valence-corrected chi connectivity index (χ2v) is 10.8. The van der Waals surface area contributed by atoms with Gasteiger partial charge in [-0.1, -0.05) is 45.8 Å². The van der Waals surface area contributed by atoms with Crippen LogP contribution < -0.4 is 0 Å². The van der Waals surface area contributed by atoms with Gasteiger partial charge < -0.3 is 24.5 Å². The van der Waals surface area contributed by atoms with Crippen LogP contribution in [0.15, 0.2) is 25.3 Å². The molecular weight excluding hydrogens is 458 g/mol. The number of nitrogens with zero attached hydrogens (tertiary/aromatic N) is 3. The predicted octanol–water partition coefficient (Wildman–Crippen LogP) is 2.62. The summed E-state index contributed by atoms with van der Waals surface area (Å²) >= 11 is 0. The van der Waals surface area contributed by atoms with Crippen LogP contribution in [0.5, 0.6) is 0 Å². The second kappa shape index (κ2) is 11.5. The number of carbonyl (C=O) groups is 3. The summed E-state index contributed by atoms with van der Waals surface area (Å²) in [7, 11) is 0. The van der Waals surface area contributed by atoms with E-state index in [1.165, 1.54) is 4.90 Å². The standard InChI is InChI=1S/C28H45N3O5/c1-7-11-12-16-30(15-10-4)26(35)23-28-19-20(5)27(6,36-28)21(22(28)25(34)31(23)17-18-32)24(33)29(13-8-2)14-9-3/h8,10,20-23,32H,2,4,7,9,11-19H2,1,3,5-6H3/t20?,21-,22+,23?,27+,28?/m1/s1. The van der Waals surface area contributed by atoms with Crippen molar-refractivity contribution in [3.8, 4) is 0 Å². The third-order valence-electron chi connectivity index (χ3n) is 8.50. The lowest BCUT2D eigenvalue weighted by molar-refractivity contribution is -0.155. The highest BCUT2D eigenvalue weighted by Gasteiger charge is 2.80. The first kappa shape index (κ1) is 28.4. The van der Waals surface area contributed by atoms with Gasteiger partial charge in [-0.05, 0) is 32.1 Å². The zero-order valence-corrected chi connectivity index (χ0v) is 22.6. The molecule has 0 radical (unpaired) electrons. The lowest BCUT2D eigenvalue weighted by Gasteiger charge is -2.39. The van der Waals surface area contributed by atoms with Crippen LogP contribution in [0.25, 0.3) is 0 Å². The first-order chi connectivity index (χ1) is 17.2. The quantitative estimate of drug-likeness (QED) is 0.291. The van der Waals surface area contributed by atoms with Gasteiger partial charge in [0.05, 0.1) is 24.0 Å². The Balaban J connectivity index is 2.06. The van der Waals surface area contributed by atoms with Crippen molar-refractivity contribution in [2.75, 3.05) is 39.3 Å². The molecule has 0 aromatic carbocycles. The topological polar surface area (TPSA) is 90.4 Å². The fourth-order valence-corrected chi connectivity index (χ4v) is 6.83. The average molecular weight is 504 g/mol. The van der Waals surface area contributed by atoms with E-state index in [1.54, 1.807) is 22.0 Å². The smallest absolute Gasteiger partial charge is 0.248 e. The molecule has 3 unspecified atom stereocenters. The van der Waals surface area contributed by atoms with Crippen molar-refractivity contribution >= 4 is 17.7 Å². The number of hydrogen-bond acceptors (Lipinski definition) is 5. The second-order valence-electron chi connectivity index (χ2n) is 10.8. The van der Waals surface area contributed by atoms with Crippen LogP contribution >= 0.6 is 0 Å². The van der Waals surface area contributed by atoms with E-state index in [2.05, 4.69) is 20.1 Å². The van der Waals surface area contributed by atoms with Crippen LogP contribution in [0.1, 0.15) is 59.8 Å². The number of aliphatic hydroxyl groups is 1. The van der Waals surface area contributed by atoms with Gasteiger partial charge in [-0.2, -0.15) is 0 Å². The summed E-state index contributed by atoms with van der Waals surface area (Å²) in [5, 5.41) is 9.83. The maximum atomic E-state index is 14.1. The van der Waals surface area contributed by atoms with E-state index in [4.69, 9.17) is 4.74 Å². The summed E-state index contributed by atoms with van der Waals surface area (Å²) in [5.41, 5.74) is -1.94. The molecule has 8 heteroatoms. The summed E-state index contributed by atoms with van der Waals surface area (Å²) in [6.07, 6.45) is 7.60. The molecule has 8 nitrogen and oxygen atoms in total. The fourth-order valence-electron chi connectivity index (χ4n) is 6.83. The number of likely N-dealkylation sites (tertiary alicyclic amines) is 1. The van der Waals surface area contributed by atoms with Crippen molar-refractivity contribution in [3.63, 3.8) is 0 Å². The Bertz CT molecular complexity index is 862. The summed E-state index contributed by atoms with van der Waals surface area (Å²) in [6.45, 7) is 17.4. The number of rotatable bonds is 14. The van der Waals surface area contributed by atoms with Gasteiger partial charge in [-0.3, -0.25) is 14.4 Å². The van der Waals surface area contributed by atoms with Crippen molar-refractivity contribution in [1.82, 2.24) is 14.7 Å². The molecule has 3 aliphatic heterocycles. The van der Waals surface area contributed by atoms with Gasteiger partial charge in [-0.15, -0.1) is 13.2 Å². The molecule has 6 atom stereocenters. The monoisotopic (exact) mass is 503 g/mol. The van der Waals surface area contributed by atoms with Crippen molar-refractivity contribution < 1.29 is 24.2 Å². The third-order valence-corrected chi connectivity index (χ3v) is 8.50. The van der Waals surface area contributed by atoms with Crippen molar-refractivity contribution in [3.05, 3.63) is 25.3 Å². The summed E-state index contributed by atoms with van der Waals surface area (Å²) < 4.78 is 6.77.